The third-order valence-electron chi connectivity index (χ3n) is 3.63. The van der Waals surface area contributed by atoms with E-state index in [1.165, 1.54) is 35.4 Å². The van der Waals surface area contributed by atoms with Crippen LogP contribution in [0, 0.1) is 5.82 Å². The summed E-state index contributed by atoms with van der Waals surface area (Å²) in [4.78, 5) is 20.4. The normalized spacial score (nSPS) is 22.2. The summed E-state index contributed by atoms with van der Waals surface area (Å²) in [7, 11) is 0.822. The van der Waals surface area contributed by atoms with E-state index in [2.05, 4.69) is 30.7 Å². The molecule has 10 heteroatoms. The number of aliphatic imine (C=N–C) groups is 2. The number of alkyl halides is 3. The highest BCUT2D eigenvalue weighted by molar-refractivity contribution is 9.11. The van der Waals surface area contributed by atoms with Gasteiger partial charge in [-0.2, -0.15) is 13.2 Å². The van der Waals surface area contributed by atoms with Gasteiger partial charge < -0.3 is 4.74 Å². The predicted octanol–water partition coefficient (Wildman–Crippen LogP) is 3.52. The maximum absolute atomic E-state index is 13.8. The van der Waals surface area contributed by atoms with Gasteiger partial charge in [0.05, 0.1) is 7.11 Å². The van der Waals surface area contributed by atoms with Gasteiger partial charge in [-0.05, 0) is 52.3 Å². The zero-order valence-electron chi connectivity index (χ0n) is 13.1. The Bertz CT molecular complexity index is 874. The van der Waals surface area contributed by atoms with Crippen molar-refractivity contribution in [1.82, 2.24) is 4.90 Å². The molecule has 1 unspecified atom stereocenters. The zero-order chi connectivity index (χ0) is 19.1. The minimum atomic E-state index is -5.14. The third-order valence-corrected chi connectivity index (χ3v) is 4.10. The van der Waals surface area contributed by atoms with Crippen molar-refractivity contribution in [1.29, 1.82) is 0 Å². The number of nitrogens with zero attached hydrogens (tertiary/aromatic N) is 3. The Morgan fingerprint density at radius 3 is 2.42 bits per heavy atom. The molecule has 136 valence electrons. The fourth-order valence-corrected chi connectivity index (χ4v) is 2.74. The molecule has 0 saturated carbocycles. The van der Waals surface area contributed by atoms with Crippen molar-refractivity contribution in [3.8, 4) is 0 Å². The van der Waals surface area contributed by atoms with Crippen LogP contribution in [0.4, 0.5) is 17.6 Å². The van der Waals surface area contributed by atoms with Crippen LogP contribution in [0.15, 0.2) is 57.1 Å². The Morgan fingerprint density at radius 2 is 1.85 bits per heavy atom. The summed E-state index contributed by atoms with van der Waals surface area (Å²) in [6, 6.07) is 4.68. The predicted molar refractivity (Wildman–Crippen MR) is 89.2 cm³/mol. The van der Waals surface area contributed by atoms with Crippen molar-refractivity contribution in [2.45, 2.75) is 11.8 Å². The van der Waals surface area contributed by atoms with Gasteiger partial charge >= 0.3 is 17.8 Å². The van der Waals surface area contributed by atoms with Gasteiger partial charge in [-0.3, -0.25) is 4.90 Å². The van der Waals surface area contributed by atoms with Gasteiger partial charge in [-0.15, -0.1) is 0 Å². The van der Waals surface area contributed by atoms with Crippen LogP contribution in [-0.4, -0.2) is 41.5 Å². The molecule has 26 heavy (non-hydrogen) atoms. The number of fused-ring (bicyclic) bond motifs is 1. The summed E-state index contributed by atoms with van der Waals surface area (Å²) >= 11 is 3.22. The number of rotatable bonds is 2. The average molecular weight is 432 g/mol. The number of hydrogen-bond donors (Lipinski definition) is 0. The molecule has 0 radical (unpaired) electrons. The number of carbonyl (C=O) groups is 1. The van der Waals surface area contributed by atoms with Crippen LogP contribution in [0.5, 0.6) is 0 Å². The van der Waals surface area contributed by atoms with E-state index in [1.807, 2.05) is 0 Å². The summed E-state index contributed by atoms with van der Waals surface area (Å²) < 4.78 is 59.4. The van der Waals surface area contributed by atoms with E-state index >= 15 is 0 Å². The Labute approximate surface area is 153 Å². The molecule has 0 N–H and O–H groups in total. The molecule has 2 aliphatic rings. The summed E-state index contributed by atoms with van der Waals surface area (Å²) in [6.07, 6.45) is -0.928. The highest BCUT2D eigenvalue weighted by atomic mass is 79.9. The van der Waals surface area contributed by atoms with Crippen molar-refractivity contribution in [2.75, 3.05) is 7.11 Å². The first-order valence-electron chi connectivity index (χ1n) is 7.13. The van der Waals surface area contributed by atoms with Gasteiger partial charge in [0.25, 0.3) is 0 Å². The number of benzene rings is 1. The third kappa shape index (κ3) is 2.94. The molecule has 0 bridgehead atoms. The summed E-state index contributed by atoms with van der Waals surface area (Å²) in [5.74, 6) is -2.62. The number of halogens is 5. The van der Waals surface area contributed by atoms with Crippen LogP contribution in [0.3, 0.4) is 0 Å². The van der Waals surface area contributed by atoms with Gasteiger partial charge in [0.2, 0.25) is 0 Å². The molecule has 3 rings (SSSR count). The lowest BCUT2D eigenvalue weighted by Gasteiger charge is -2.36. The molecular formula is C16H10BrF4N3O2. The van der Waals surface area contributed by atoms with Crippen LogP contribution in [-0.2, 0) is 9.53 Å². The highest BCUT2D eigenvalue weighted by Crippen LogP contribution is 2.40. The zero-order valence-corrected chi connectivity index (χ0v) is 14.7. The number of carbonyl (C=O) groups excluding carboxylic acids is 1. The fraction of sp³-hybridized carbons (Fsp3) is 0.188. The molecule has 0 spiro atoms. The van der Waals surface area contributed by atoms with E-state index < -0.39 is 23.6 Å². The number of ether oxygens (including phenoxy) is 1. The molecule has 0 saturated heterocycles. The average Bonchev–Trinajstić information content (AvgIpc) is 2.60. The van der Waals surface area contributed by atoms with E-state index in [1.54, 1.807) is 0 Å². The molecule has 5 nitrogen and oxygen atoms in total. The second-order valence-electron chi connectivity index (χ2n) is 5.29. The maximum Gasteiger partial charge on any atom is 0.445 e. The highest BCUT2D eigenvalue weighted by Gasteiger charge is 2.64. The quantitative estimate of drug-likeness (QED) is 0.531. The van der Waals surface area contributed by atoms with Crippen molar-refractivity contribution in [3.63, 3.8) is 0 Å². The topological polar surface area (TPSA) is 54.3 Å². The number of amidine groups is 2. The first kappa shape index (κ1) is 18.3. The van der Waals surface area contributed by atoms with Crippen molar-refractivity contribution in [2.24, 2.45) is 9.98 Å². The second kappa shape index (κ2) is 6.35. The minimum Gasteiger partial charge on any atom is -0.465 e. The Morgan fingerprint density at radius 1 is 1.19 bits per heavy atom. The molecule has 0 aliphatic carbocycles. The first-order valence-corrected chi connectivity index (χ1v) is 7.92. The molecule has 2 aliphatic heterocycles. The molecule has 0 amide bonds. The fourth-order valence-electron chi connectivity index (χ4n) is 2.40. The second-order valence-corrected chi connectivity index (χ2v) is 6.21. The Hall–Kier alpha value is -2.49. The molecule has 1 atom stereocenters. The van der Waals surface area contributed by atoms with Crippen LogP contribution in [0.2, 0.25) is 0 Å². The number of methoxy groups -OCH3 is 1. The van der Waals surface area contributed by atoms with E-state index in [-0.39, 0.29) is 17.2 Å². The number of esters is 1. The maximum atomic E-state index is 13.8. The van der Waals surface area contributed by atoms with E-state index in [0.717, 1.165) is 19.2 Å². The molecule has 0 fully saturated rings. The van der Waals surface area contributed by atoms with E-state index in [9.17, 15) is 22.4 Å². The Kier molecular flexibility index (Phi) is 4.47. The molecular weight excluding hydrogens is 422 g/mol. The van der Waals surface area contributed by atoms with Crippen LogP contribution in [0.1, 0.15) is 5.56 Å². The number of allylic oxidation sites excluding steroid dienone is 2. The minimum absolute atomic E-state index is 0.162. The van der Waals surface area contributed by atoms with Crippen LogP contribution < -0.4 is 0 Å². The van der Waals surface area contributed by atoms with E-state index in [0.29, 0.717) is 4.48 Å². The van der Waals surface area contributed by atoms with Gasteiger partial charge in [0.1, 0.15) is 17.5 Å². The Balaban J connectivity index is 2.27. The lowest BCUT2D eigenvalue weighted by atomic mass is 10.1. The standard InChI is InChI=1S/C16H10BrF4N3O2/c1-26-14(25)15(16(19,20)21)22-12-7-4-10(17)8-24(12)13(23-15)9-2-5-11(18)6-3-9/h2-8H,1H3. The molecule has 2 heterocycles. The van der Waals surface area contributed by atoms with Gasteiger partial charge in [0, 0.05) is 16.2 Å². The summed E-state index contributed by atoms with van der Waals surface area (Å²) in [6.45, 7) is 0. The van der Waals surface area contributed by atoms with Gasteiger partial charge in [0.15, 0.2) is 0 Å². The van der Waals surface area contributed by atoms with Crippen molar-refractivity contribution >= 4 is 33.6 Å². The number of hydrogen-bond acceptors (Lipinski definition) is 5. The molecule has 0 aromatic heterocycles. The van der Waals surface area contributed by atoms with Gasteiger partial charge in [-0.25, -0.2) is 19.2 Å². The van der Waals surface area contributed by atoms with Crippen molar-refractivity contribution < 1.29 is 27.1 Å². The summed E-state index contributed by atoms with van der Waals surface area (Å²) in [5.41, 5.74) is -3.28. The monoisotopic (exact) mass is 431 g/mol. The lowest BCUT2D eigenvalue weighted by Crippen LogP contribution is -2.55. The van der Waals surface area contributed by atoms with Crippen LogP contribution in [0.25, 0.3) is 0 Å². The summed E-state index contributed by atoms with van der Waals surface area (Å²) in [5, 5.41) is 0. The van der Waals surface area contributed by atoms with Crippen LogP contribution >= 0.6 is 15.9 Å². The smallest absolute Gasteiger partial charge is 0.445 e. The SMILES string of the molecule is COC(=O)C1(C(F)(F)F)N=C2C=CC(Br)=CN2C(c2ccc(F)cc2)=N1. The van der Waals surface area contributed by atoms with Gasteiger partial charge in [-0.1, -0.05) is 0 Å². The largest absolute Gasteiger partial charge is 0.465 e. The first-order chi connectivity index (χ1) is 12.2. The lowest BCUT2D eigenvalue weighted by molar-refractivity contribution is -0.202. The van der Waals surface area contributed by atoms with E-state index in [4.69, 9.17) is 0 Å². The molecule has 1 aromatic carbocycles. The van der Waals surface area contributed by atoms with Crippen molar-refractivity contribution in [3.05, 3.63) is 58.5 Å². The molecule has 1 aromatic rings.